The summed E-state index contributed by atoms with van der Waals surface area (Å²) in [6.45, 7) is 9.75. The number of hydrogen-bond donors (Lipinski definition) is 1. The lowest BCUT2D eigenvalue weighted by Gasteiger charge is -2.27. The minimum atomic E-state index is -0.400. The lowest BCUT2D eigenvalue weighted by molar-refractivity contribution is 0.0268. The van der Waals surface area contributed by atoms with E-state index in [0.717, 1.165) is 19.5 Å². The zero-order valence-corrected chi connectivity index (χ0v) is 12.2. The van der Waals surface area contributed by atoms with Gasteiger partial charge in [0.05, 0.1) is 0 Å². The second-order valence-corrected chi connectivity index (χ2v) is 7.14. The van der Waals surface area contributed by atoms with Gasteiger partial charge in [-0.1, -0.05) is 6.92 Å². The first kappa shape index (κ1) is 13.7. The summed E-state index contributed by atoms with van der Waals surface area (Å²) in [5.41, 5.74) is -0.131. The molecular weight excluding hydrogens is 228 g/mol. The summed E-state index contributed by atoms with van der Waals surface area (Å²) in [7, 11) is 2.03. The fourth-order valence-electron chi connectivity index (χ4n) is 3.38. The van der Waals surface area contributed by atoms with Crippen LogP contribution >= 0.6 is 0 Å². The van der Waals surface area contributed by atoms with Gasteiger partial charge < -0.3 is 15.0 Å². The summed E-state index contributed by atoms with van der Waals surface area (Å²) in [6, 6.07) is 0.612. The van der Waals surface area contributed by atoms with Crippen molar-refractivity contribution in [3.63, 3.8) is 0 Å². The summed E-state index contributed by atoms with van der Waals surface area (Å²) in [4.78, 5) is 14.0. The highest BCUT2D eigenvalue weighted by molar-refractivity contribution is 5.68. The molecule has 2 aliphatic rings. The summed E-state index contributed by atoms with van der Waals surface area (Å²) in [5, 5.41) is 3.37. The Morgan fingerprint density at radius 1 is 1.44 bits per heavy atom. The molecule has 4 heteroatoms. The average molecular weight is 254 g/mol. The standard InChI is InChI=1S/C14H26N2O2/c1-13(2,3)18-12(17)16-8-10-6-11(15-5)7-14(10,4)9-16/h10-11,15H,6-9H2,1-5H3/t10-,11+,14+/m1/s1. The molecule has 0 aromatic heterocycles. The van der Waals surface area contributed by atoms with Gasteiger partial charge in [0, 0.05) is 19.1 Å². The second-order valence-electron chi connectivity index (χ2n) is 7.14. The maximum Gasteiger partial charge on any atom is 0.410 e. The van der Waals surface area contributed by atoms with Crippen molar-refractivity contribution < 1.29 is 9.53 Å². The Morgan fingerprint density at radius 2 is 2.11 bits per heavy atom. The van der Waals surface area contributed by atoms with Crippen LogP contribution in [0, 0.1) is 11.3 Å². The smallest absolute Gasteiger partial charge is 0.410 e. The summed E-state index contributed by atoms with van der Waals surface area (Å²) in [6.07, 6.45) is 2.18. The highest BCUT2D eigenvalue weighted by atomic mass is 16.6. The first-order valence-corrected chi connectivity index (χ1v) is 6.89. The van der Waals surface area contributed by atoms with Crippen molar-refractivity contribution in [2.45, 2.75) is 52.2 Å². The van der Waals surface area contributed by atoms with Crippen molar-refractivity contribution in [3.8, 4) is 0 Å². The van der Waals surface area contributed by atoms with E-state index in [9.17, 15) is 4.79 Å². The largest absolute Gasteiger partial charge is 0.444 e. The third-order valence-corrected chi connectivity index (χ3v) is 4.32. The summed E-state index contributed by atoms with van der Waals surface area (Å²) in [5.74, 6) is 0.613. The van der Waals surface area contributed by atoms with Crippen molar-refractivity contribution in [1.82, 2.24) is 10.2 Å². The number of likely N-dealkylation sites (tertiary alicyclic amines) is 1. The molecule has 0 aromatic carbocycles. The number of nitrogens with one attached hydrogen (secondary N) is 1. The highest BCUT2D eigenvalue weighted by Crippen LogP contribution is 2.48. The van der Waals surface area contributed by atoms with Crippen molar-refractivity contribution in [2.24, 2.45) is 11.3 Å². The topological polar surface area (TPSA) is 41.6 Å². The number of amides is 1. The molecule has 4 nitrogen and oxygen atoms in total. The molecule has 2 rings (SSSR count). The van der Waals surface area contributed by atoms with Gasteiger partial charge in [0.1, 0.15) is 5.60 Å². The van der Waals surface area contributed by atoms with Crippen molar-refractivity contribution in [3.05, 3.63) is 0 Å². The van der Waals surface area contributed by atoms with Gasteiger partial charge in [0.25, 0.3) is 0 Å². The Balaban J connectivity index is 1.96. The fourth-order valence-corrected chi connectivity index (χ4v) is 3.38. The van der Waals surface area contributed by atoms with E-state index in [1.54, 1.807) is 0 Å². The quantitative estimate of drug-likeness (QED) is 0.780. The molecule has 1 aliphatic heterocycles. The third kappa shape index (κ3) is 2.63. The van der Waals surface area contributed by atoms with Crippen molar-refractivity contribution in [1.29, 1.82) is 0 Å². The van der Waals surface area contributed by atoms with Gasteiger partial charge in [0.15, 0.2) is 0 Å². The van der Waals surface area contributed by atoms with E-state index in [1.165, 1.54) is 6.42 Å². The number of nitrogens with zero attached hydrogens (tertiary/aromatic N) is 1. The molecule has 0 spiro atoms. The SMILES string of the molecule is CN[C@H]1C[C@@H]2CN(C(=O)OC(C)(C)C)C[C@]2(C)C1. The van der Waals surface area contributed by atoms with Crippen LogP contribution in [-0.2, 0) is 4.74 Å². The van der Waals surface area contributed by atoms with Gasteiger partial charge in [0.2, 0.25) is 0 Å². The van der Waals surface area contributed by atoms with Crippen LogP contribution < -0.4 is 5.32 Å². The van der Waals surface area contributed by atoms with Gasteiger partial charge >= 0.3 is 6.09 Å². The number of carbonyl (C=O) groups is 1. The Kier molecular flexibility index (Phi) is 3.34. The molecule has 1 N–H and O–H groups in total. The predicted octanol–water partition coefficient (Wildman–Crippen LogP) is 2.24. The molecule has 18 heavy (non-hydrogen) atoms. The van der Waals surface area contributed by atoms with Crippen LogP contribution in [0.5, 0.6) is 0 Å². The second kappa shape index (κ2) is 4.41. The molecule has 1 saturated heterocycles. The van der Waals surface area contributed by atoms with E-state index in [1.807, 2.05) is 32.7 Å². The van der Waals surface area contributed by atoms with Crippen molar-refractivity contribution in [2.75, 3.05) is 20.1 Å². The van der Waals surface area contributed by atoms with Gasteiger partial charge in [-0.3, -0.25) is 0 Å². The van der Waals surface area contributed by atoms with E-state index >= 15 is 0 Å². The zero-order valence-electron chi connectivity index (χ0n) is 12.2. The maximum atomic E-state index is 12.1. The Labute approximate surface area is 110 Å². The van der Waals surface area contributed by atoms with Gasteiger partial charge in [-0.15, -0.1) is 0 Å². The molecule has 1 heterocycles. The van der Waals surface area contributed by atoms with Crippen LogP contribution in [0.4, 0.5) is 4.79 Å². The molecule has 0 bridgehead atoms. The molecule has 0 aromatic rings. The monoisotopic (exact) mass is 254 g/mol. The first-order valence-electron chi connectivity index (χ1n) is 6.89. The molecule has 104 valence electrons. The molecule has 1 saturated carbocycles. The lowest BCUT2D eigenvalue weighted by Crippen LogP contribution is -2.37. The number of fused-ring (bicyclic) bond motifs is 1. The molecule has 0 radical (unpaired) electrons. The Hall–Kier alpha value is -0.770. The highest BCUT2D eigenvalue weighted by Gasteiger charge is 2.51. The first-order chi connectivity index (χ1) is 8.23. The zero-order chi connectivity index (χ0) is 13.6. The number of ether oxygens (including phenoxy) is 1. The number of rotatable bonds is 1. The average Bonchev–Trinajstić information content (AvgIpc) is 2.66. The van der Waals surface area contributed by atoms with Crippen LogP contribution in [0.3, 0.4) is 0 Å². The maximum absolute atomic E-state index is 12.1. The van der Waals surface area contributed by atoms with Crippen molar-refractivity contribution >= 4 is 6.09 Å². The molecule has 0 unspecified atom stereocenters. The van der Waals surface area contributed by atoms with Crippen LogP contribution in [-0.4, -0.2) is 42.8 Å². The van der Waals surface area contributed by atoms with E-state index in [2.05, 4.69) is 12.2 Å². The predicted molar refractivity (Wildman–Crippen MR) is 71.5 cm³/mol. The molecule has 2 fully saturated rings. The number of carbonyl (C=O) groups excluding carboxylic acids is 1. The van der Waals surface area contributed by atoms with Crippen LogP contribution in [0.2, 0.25) is 0 Å². The lowest BCUT2D eigenvalue weighted by atomic mass is 9.83. The minimum Gasteiger partial charge on any atom is -0.444 e. The van der Waals surface area contributed by atoms with E-state index in [4.69, 9.17) is 4.74 Å². The van der Waals surface area contributed by atoms with Crippen LogP contribution in [0.25, 0.3) is 0 Å². The van der Waals surface area contributed by atoms with E-state index in [0.29, 0.717) is 12.0 Å². The summed E-state index contributed by atoms with van der Waals surface area (Å²) >= 11 is 0. The Morgan fingerprint density at radius 3 is 2.61 bits per heavy atom. The normalized spacial score (nSPS) is 35.7. The van der Waals surface area contributed by atoms with Crippen LogP contribution in [0.1, 0.15) is 40.5 Å². The van der Waals surface area contributed by atoms with Crippen LogP contribution in [0.15, 0.2) is 0 Å². The fraction of sp³-hybridized carbons (Fsp3) is 0.929. The van der Waals surface area contributed by atoms with E-state index < -0.39 is 5.60 Å². The third-order valence-electron chi connectivity index (χ3n) is 4.32. The van der Waals surface area contributed by atoms with Gasteiger partial charge in [-0.2, -0.15) is 0 Å². The molecule has 1 aliphatic carbocycles. The summed E-state index contributed by atoms with van der Waals surface area (Å²) < 4.78 is 5.46. The minimum absolute atomic E-state index is 0.154. The van der Waals surface area contributed by atoms with Gasteiger partial charge in [-0.05, 0) is 52.0 Å². The molecule has 1 amide bonds. The van der Waals surface area contributed by atoms with E-state index in [-0.39, 0.29) is 11.5 Å². The number of hydrogen-bond acceptors (Lipinski definition) is 3. The molecular formula is C14H26N2O2. The Bertz CT molecular complexity index is 337. The molecule has 3 atom stereocenters. The van der Waals surface area contributed by atoms with Gasteiger partial charge in [-0.25, -0.2) is 4.79 Å².